The van der Waals surface area contributed by atoms with Crippen LogP contribution in [0.5, 0.6) is 0 Å². The fraction of sp³-hybridized carbons (Fsp3) is 0.680. The quantitative estimate of drug-likeness (QED) is 0.599. The smallest absolute Gasteiger partial charge is 0.243 e. The highest BCUT2D eigenvalue weighted by atomic mass is 32.1. The van der Waals surface area contributed by atoms with Crippen molar-refractivity contribution in [3.63, 3.8) is 0 Å². The van der Waals surface area contributed by atoms with Crippen molar-refractivity contribution in [2.24, 2.45) is 0 Å². The molecule has 0 radical (unpaired) electrons. The lowest BCUT2D eigenvalue weighted by Crippen LogP contribution is -2.46. The van der Waals surface area contributed by atoms with E-state index in [0.717, 1.165) is 37.5 Å². The van der Waals surface area contributed by atoms with Gasteiger partial charge in [0.1, 0.15) is 17.7 Å². The van der Waals surface area contributed by atoms with E-state index in [4.69, 9.17) is 0 Å². The lowest BCUT2D eigenvalue weighted by atomic mass is 9.95. The fourth-order valence-corrected chi connectivity index (χ4v) is 7.00. The summed E-state index contributed by atoms with van der Waals surface area (Å²) in [4.78, 5) is 28.3. The molecule has 3 aliphatic rings. The summed E-state index contributed by atoms with van der Waals surface area (Å²) in [5.41, 5.74) is 0. The molecule has 2 aromatic rings. The Bertz CT molecular complexity index is 1000. The van der Waals surface area contributed by atoms with Crippen LogP contribution in [-0.4, -0.2) is 56.1 Å². The van der Waals surface area contributed by atoms with E-state index in [-0.39, 0.29) is 17.9 Å². The number of thiophene rings is 1. The Morgan fingerprint density at radius 1 is 1.21 bits per heavy atom. The van der Waals surface area contributed by atoms with Crippen LogP contribution in [0.25, 0.3) is 0 Å². The number of aryl methyl sites for hydroxylation is 1. The van der Waals surface area contributed by atoms with Crippen LogP contribution in [0.1, 0.15) is 93.3 Å². The van der Waals surface area contributed by atoms with Gasteiger partial charge in [-0.1, -0.05) is 19.9 Å². The maximum atomic E-state index is 12.8. The van der Waals surface area contributed by atoms with E-state index >= 15 is 0 Å². The van der Waals surface area contributed by atoms with E-state index in [1.165, 1.54) is 17.7 Å². The molecule has 5 rings (SSSR count). The number of carbonyl (C=O) groups excluding carboxylic acids is 2. The normalized spacial score (nSPS) is 27.8. The van der Waals surface area contributed by atoms with Gasteiger partial charge in [0, 0.05) is 41.9 Å². The van der Waals surface area contributed by atoms with Crippen molar-refractivity contribution < 1.29 is 9.59 Å². The molecule has 3 aliphatic heterocycles. The summed E-state index contributed by atoms with van der Waals surface area (Å²) in [6.07, 6.45) is 6.66. The molecule has 5 atom stereocenters. The van der Waals surface area contributed by atoms with E-state index in [1.54, 1.807) is 11.3 Å². The SMILES string of the molecule is Cc1nnc(C(C)C)n1C1C[C@H]2CC[C@@H](C1)N2CC[C@H](NC(=O)[C@@H]1CCC(=O)N1)c1cccs1. The largest absolute Gasteiger partial charge is 0.347 e. The van der Waals surface area contributed by atoms with Crippen LogP contribution in [0.4, 0.5) is 0 Å². The molecule has 2 amide bonds. The standard InChI is InChI=1S/C25H36N6O2S/c1-15(2)24-29-28-16(3)31(24)19-13-17-6-7-18(14-19)30(17)11-10-20(22-5-4-12-34-22)27-25(33)21-8-9-23(32)26-21/h4-5,12,15,17-21H,6-11,13-14H2,1-3H3,(H,26,32)(H,27,33)/t17-,18+,19?,20-,21-/m0/s1. The first-order valence-corrected chi connectivity index (χ1v) is 13.6. The second kappa shape index (κ2) is 9.77. The van der Waals surface area contributed by atoms with E-state index in [9.17, 15) is 9.59 Å². The summed E-state index contributed by atoms with van der Waals surface area (Å²) < 4.78 is 2.40. The molecular formula is C25H36N6O2S. The first-order valence-electron chi connectivity index (χ1n) is 12.7. The number of fused-ring (bicyclic) bond motifs is 2. The van der Waals surface area contributed by atoms with Gasteiger partial charge in [0.05, 0.1) is 6.04 Å². The van der Waals surface area contributed by atoms with Crippen LogP contribution in [0, 0.1) is 6.92 Å². The summed E-state index contributed by atoms with van der Waals surface area (Å²) in [7, 11) is 0. The number of rotatable bonds is 8. The predicted molar refractivity (Wildman–Crippen MR) is 132 cm³/mol. The number of piperidine rings is 1. The molecule has 2 aromatic heterocycles. The van der Waals surface area contributed by atoms with Gasteiger partial charge in [0.2, 0.25) is 11.8 Å². The third-order valence-electron chi connectivity index (χ3n) is 7.82. The fourth-order valence-electron chi connectivity index (χ4n) is 6.19. The first kappa shape index (κ1) is 23.5. The zero-order valence-corrected chi connectivity index (χ0v) is 21.2. The molecule has 2 N–H and O–H groups in total. The van der Waals surface area contributed by atoms with Crippen LogP contribution in [0.2, 0.25) is 0 Å². The predicted octanol–water partition coefficient (Wildman–Crippen LogP) is 3.47. The van der Waals surface area contributed by atoms with E-state index < -0.39 is 6.04 Å². The minimum absolute atomic E-state index is 0.0187. The molecule has 0 saturated carbocycles. The van der Waals surface area contributed by atoms with Crippen molar-refractivity contribution in [2.45, 2.75) is 102 Å². The van der Waals surface area contributed by atoms with E-state index in [2.05, 4.69) is 62.5 Å². The van der Waals surface area contributed by atoms with Crippen LogP contribution in [0.15, 0.2) is 17.5 Å². The number of hydrogen-bond acceptors (Lipinski definition) is 6. The van der Waals surface area contributed by atoms with Crippen molar-refractivity contribution in [1.82, 2.24) is 30.3 Å². The van der Waals surface area contributed by atoms with Gasteiger partial charge >= 0.3 is 0 Å². The molecule has 3 fully saturated rings. The number of carbonyl (C=O) groups is 2. The molecule has 9 heteroatoms. The second-order valence-electron chi connectivity index (χ2n) is 10.4. The van der Waals surface area contributed by atoms with Crippen LogP contribution < -0.4 is 10.6 Å². The van der Waals surface area contributed by atoms with Gasteiger partial charge in [0.15, 0.2) is 0 Å². The van der Waals surface area contributed by atoms with Gasteiger partial charge in [-0.2, -0.15) is 0 Å². The second-order valence-corrected chi connectivity index (χ2v) is 11.4. The Kier molecular flexibility index (Phi) is 6.75. The lowest BCUT2D eigenvalue weighted by molar-refractivity contribution is -0.126. The Hall–Kier alpha value is -2.26. The molecule has 34 heavy (non-hydrogen) atoms. The highest BCUT2D eigenvalue weighted by Crippen LogP contribution is 2.42. The molecule has 0 aliphatic carbocycles. The average Bonchev–Trinajstić information content (AvgIpc) is 3.59. The number of nitrogens with one attached hydrogen (secondary N) is 2. The summed E-state index contributed by atoms with van der Waals surface area (Å²) >= 11 is 1.69. The summed E-state index contributed by atoms with van der Waals surface area (Å²) in [5.74, 6) is 2.42. The summed E-state index contributed by atoms with van der Waals surface area (Å²) in [5, 5.41) is 17.0. The third-order valence-corrected chi connectivity index (χ3v) is 8.81. The summed E-state index contributed by atoms with van der Waals surface area (Å²) in [6.45, 7) is 7.44. The zero-order valence-electron chi connectivity index (χ0n) is 20.4. The van der Waals surface area contributed by atoms with Crippen molar-refractivity contribution in [3.05, 3.63) is 34.0 Å². The molecular weight excluding hydrogens is 448 g/mol. The van der Waals surface area contributed by atoms with Crippen molar-refractivity contribution in [2.75, 3.05) is 6.54 Å². The Balaban J connectivity index is 1.24. The maximum Gasteiger partial charge on any atom is 0.243 e. The van der Waals surface area contributed by atoms with Crippen molar-refractivity contribution in [1.29, 1.82) is 0 Å². The lowest BCUT2D eigenvalue weighted by Gasteiger charge is -2.40. The molecule has 2 bridgehead atoms. The average molecular weight is 485 g/mol. The van der Waals surface area contributed by atoms with Crippen molar-refractivity contribution >= 4 is 23.2 Å². The van der Waals surface area contributed by atoms with Crippen molar-refractivity contribution in [3.8, 4) is 0 Å². The Labute approximate surface area is 205 Å². The van der Waals surface area contributed by atoms with Gasteiger partial charge in [0.25, 0.3) is 0 Å². The molecule has 1 unspecified atom stereocenters. The van der Waals surface area contributed by atoms with Crippen LogP contribution in [-0.2, 0) is 9.59 Å². The molecule has 8 nitrogen and oxygen atoms in total. The van der Waals surface area contributed by atoms with Gasteiger partial charge in [-0.25, -0.2) is 0 Å². The number of hydrogen-bond donors (Lipinski definition) is 2. The zero-order chi connectivity index (χ0) is 23.8. The van der Waals surface area contributed by atoms with Gasteiger partial charge in [-0.05, 0) is 56.9 Å². The minimum Gasteiger partial charge on any atom is -0.347 e. The van der Waals surface area contributed by atoms with Gasteiger partial charge in [-0.3, -0.25) is 14.5 Å². The highest BCUT2D eigenvalue weighted by Gasteiger charge is 2.42. The molecule has 0 spiro atoms. The first-order chi connectivity index (χ1) is 16.4. The highest BCUT2D eigenvalue weighted by molar-refractivity contribution is 7.10. The maximum absolute atomic E-state index is 12.8. The molecule has 0 aromatic carbocycles. The van der Waals surface area contributed by atoms with E-state index in [0.29, 0.717) is 36.9 Å². The van der Waals surface area contributed by atoms with Gasteiger partial charge < -0.3 is 15.2 Å². The Morgan fingerprint density at radius 2 is 1.97 bits per heavy atom. The molecule has 5 heterocycles. The number of nitrogens with zero attached hydrogens (tertiary/aromatic N) is 4. The topological polar surface area (TPSA) is 92.2 Å². The monoisotopic (exact) mass is 484 g/mol. The number of amides is 2. The molecule has 184 valence electrons. The third kappa shape index (κ3) is 4.64. The van der Waals surface area contributed by atoms with E-state index in [1.807, 2.05) is 6.07 Å². The Morgan fingerprint density at radius 3 is 2.59 bits per heavy atom. The number of aromatic nitrogens is 3. The van der Waals surface area contributed by atoms with Gasteiger partial charge in [-0.15, -0.1) is 21.5 Å². The molecule has 3 saturated heterocycles. The van der Waals surface area contributed by atoms with Crippen LogP contribution >= 0.6 is 11.3 Å². The van der Waals surface area contributed by atoms with Crippen LogP contribution in [0.3, 0.4) is 0 Å². The summed E-state index contributed by atoms with van der Waals surface area (Å²) in [6, 6.07) is 5.34. The minimum atomic E-state index is -0.399.